The minimum Gasteiger partial charge on any atom is -0.365 e. The van der Waals surface area contributed by atoms with Crippen molar-refractivity contribution in [2.24, 2.45) is 0 Å². The van der Waals surface area contributed by atoms with E-state index in [1.165, 1.54) is 4.90 Å². The molecule has 0 bridgehead atoms. The maximum absolute atomic E-state index is 12.3. The fourth-order valence-corrected chi connectivity index (χ4v) is 2.55. The third-order valence-corrected chi connectivity index (χ3v) is 3.80. The first-order valence-corrected chi connectivity index (χ1v) is 7.69. The Labute approximate surface area is 143 Å². The molecule has 1 aromatic heterocycles. The van der Waals surface area contributed by atoms with Gasteiger partial charge in [-0.3, -0.25) is 4.79 Å². The van der Waals surface area contributed by atoms with Gasteiger partial charge >= 0.3 is 0 Å². The molecule has 1 atom stereocenters. The quantitative estimate of drug-likeness (QED) is 0.856. The molecule has 1 unspecified atom stereocenters. The summed E-state index contributed by atoms with van der Waals surface area (Å²) in [6.45, 7) is 1.05. The molecule has 1 N–H and O–H groups in total. The number of amides is 1. The average molecular weight is 344 g/mol. The van der Waals surface area contributed by atoms with E-state index in [2.05, 4.69) is 15.5 Å². The second-order valence-corrected chi connectivity index (χ2v) is 5.67. The molecule has 24 heavy (non-hydrogen) atoms. The SMILES string of the molecule is N#CN1CCOC(C(=O)Nc2cc(-c3cccc(Cl)c3)cnn2)C1. The lowest BCUT2D eigenvalue weighted by Crippen LogP contribution is -2.46. The van der Waals surface area contributed by atoms with Gasteiger partial charge in [-0.15, -0.1) is 5.10 Å². The Morgan fingerprint density at radius 1 is 1.42 bits per heavy atom. The molecule has 122 valence electrons. The maximum Gasteiger partial charge on any atom is 0.256 e. The van der Waals surface area contributed by atoms with Crippen LogP contribution >= 0.6 is 11.6 Å². The summed E-state index contributed by atoms with van der Waals surface area (Å²) in [5, 5.41) is 20.0. The molecule has 1 aliphatic heterocycles. The van der Waals surface area contributed by atoms with Gasteiger partial charge in [-0.25, -0.2) is 0 Å². The smallest absolute Gasteiger partial charge is 0.256 e. The molecule has 2 aromatic rings. The van der Waals surface area contributed by atoms with Crippen molar-refractivity contribution >= 4 is 23.3 Å². The van der Waals surface area contributed by atoms with E-state index < -0.39 is 6.10 Å². The van der Waals surface area contributed by atoms with Gasteiger partial charge in [0.15, 0.2) is 18.1 Å². The zero-order valence-electron chi connectivity index (χ0n) is 12.6. The number of anilines is 1. The van der Waals surface area contributed by atoms with Crippen molar-refractivity contribution in [3.8, 4) is 17.3 Å². The molecule has 8 heteroatoms. The second-order valence-electron chi connectivity index (χ2n) is 5.23. The van der Waals surface area contributed by atoms with Crippen molar-refractivity contribution in [1.29, 1.82) is 5.26 Å². The zero-order valence-corrected chi connectivity index (χ0v) is 13.4. The highest BCUT2D eigenvalue weighted by Crippen LogP contribution is 2.23. The van der Waals surface area contributed by atoms with Gasteiger partial charge in [0.2, 0.25) is 0 Å². The topological polar surface area (TPSA) is 91.1 Å². The summed E-state index contributed by atoms with van der Waals surface area (Å²) < 4.78 is 5.40. The fourth-order valence-electron chi connectivity index (χ4n) is 2.36. The van der Waals surface area contributed by atoms with Gasteiger partial charge in [0, 0.05) is 10.6 Å². The highest BCUT2D eigenvalue weighted by Gasteiger charge is 2.26. The van der Waals surface area contributed by atoms with Crippen LogP contribution < -0.4 is 5.32 Å². The van der Waals surface area contributed by atoms with Crippen LogP contribution in [0.1, 0.15) is 0 Å². The number of ether oxygens (including phenoxy) is 1. The first-order valence-electron chi connectivity index (χ1n) is 7.31. The van der Waals surface area contributed by atoms with Crippen molar-refractivity contribution in [2.75, 3.05) is 25.0 Å². The van der Waals surface area contributed by atoms with Gasteiger partial charge in [-0.1, -0.05) is 23.7 Å². The molecule has 7 nitrogen and oxygen atoms in total. The molecule has 1 fully saturated rings. The van der Waals surface area contributed by atoms with Gasteiger partial charge in [0.1, 0.15) is 0 Å². The Hall–Kier alpha value is -2.69. The van der Waals surface area contributed by atoms with E-state index in [1.807, 2.05) is 18.3 Å². The third kappa shape index (κ3) is 3.79. The normalized spacial score (nSPS) is 17.2. The predicted molar refractivity (Wildman–Crippen MR) is 88.0 cm³/mol. The predicted octanol–water partition coefficient (Wildman–Crippen LogP) is 1.92. The van der Waals surface area contributed by atoms with E-state index in [4.69, 9.17) is 21.6 Å². The van der Waals surface area contributed by atoms with E-state index in [1.54, 1.807) is 24.4 Å². The summed E-state index contributed by atoms with van der Waals surface area (Å²) in [7, 11) is 0. The van der Waals surface area contributed by atoms with Crippen LogP contribution in [0.5, 0.6) is 0 Å². The number of nitriles is 1. The monoisotopic (exact) mass is 343 g/mol. The number of morpholine rings is 1. The standard InChI is InChI=1S/C16H14ClN5O2/c17-13-3-1-2-11(6-13)12-7-15(21-19-8-12)20-16(23)14-9-22(10-18)4-5-24-14/h1-3,6-8,14H,4-5,9H2,(H,20,21,23). The van der Waals surface area contributed by atoms with Crippen molar-refractivity contribution in [3.63, 3.8) is 0 Å². The highest BCUT2D eigenvalue weighted by atomic mass is 35.5. The molecule has 0 spiro atoms. The van der Waals surface area contributed by atoms with Crippen LogP contribution in [-0.4, -0.2) is 46.8 Å². The molecule has 1 aliphatic rings. The van der Waals surface area contributed by atoms with Crippen LogP contribution in [0.3, 0.4) is 0 Å². The van der Waals surface area contributed by atoms with Crippen LogP contribution in [0.15, 0.2) is 36.5 Å². The number of hydrogen-bond donors (Lipinski definition) is 1. The number of carbonyl (C=O) groups is 1. The first kappa shape index (κ1) is 16.2. The van der Waals surface area contributed by atoms with Crippen molar-refractivity contribution in [3.05, 3.63) is 41.6 Å². The van der Waals surface area contributed by atoms with E-state index in [-0.39, 0.29) is 12.5 Å². The summed E-state index contributed by atoms with van der Waals surface area (Å²) in [5.41, 5.74) is 1.66. The van der Waals surface area contributed by atoms with Crippen LogP contribution in [-0.2, 0) is 9.53 Å². The van der Waals surface area contributed by atoms with E-state index in [0.29, 0.717) is 24.0 Å². The molecule has 1 aromatic carbocycles. The minimum atomic E-state index is -0.713. The Kier molecular flexibility index (Phi) is 4.89. The average Bonchev–Trinajstić information content (AvgIpc) is 2.62. The van der Waals surface area contributed by atoms with Crippen LogP contribution in [0, 0.1) is 11.5 Å². The Bertz CT molecular complexity index is 792. The molecule has 1 amide bonds. The third-order valence-electron chi connectivity index (χ3n) is 3.56. The number of carbonyl (C=O) groups excluding carboxylic acids is 1. The Balaban J connectivity index is 1.73. The highest BCUT2D eigenvalue weighted by molar-refractivity contribution is 6.30. The summed E-state index contributed by atoms with van der Waals surface area (Å²) in [5.74, 6) is -0.0392. The van der Waals surface area contributed by atoms with E-state index >= 15 is 0 Å². The van der Waals surface area contributed by atoms with Crippen molar-refractivity contribution in [1.82, 2.24) is 15.1 Å². The molecule has 3 rings (SSSR count). The molecule has 0 saturated carbocycles. The molecule has 0 radical (unpaired) electrons. The molecule has 1 saturated heterocycles. The number of nitrogens with one attached hydrogen (secondary N) is 1. The lowest BCUT2D eigenvalue weighted by molar-refractivity contribution is -0.131. The van der Waals surface area contributed by atoms with Gasteiger partial charge < -0.3 is 15.0 Å². The van der Waals surface area contributed by atoms with Gasteiger partial charge in [-0.05, 0) is 23.8 Å². The van der Waals surface area contributed by atoms with E-state index in [0.717, 1.165) is 11.1 Å². The van der Waals surface area contributed by atoms with Crippen molar-refractivity contribution in [2.45, 2.75) is 6.10 Å². The fraction of sp³-hybridized carbons (Fsp3) is 0.250. The second kappa shape index (κ2) is 7.25. The summed E-state index contributed by atoms with van der Waals surface area (Å²) in [6, 6.07) is 9.02. The molecular weight excluding hydrogens is 330 g/mol. The number of benzene rings is 1. The molecule has 0 aliphatic carbocycles. The Morgan fingerprint density at radius 3 is 3.08 bits per heavy atom. The van der Waals surface area contributed by atoms with Crippen molar-refractivity contribution < 1.29 is 9.53 Å². The maximum atomic E-state index is 12.3. The van der Waals surface area contributed by atoms with E-state index in [9.17, 15) is 4.79 Å². The van der Waals surface area contributed by atoms with Crippen LogP contribution in [0.4, 0.5) is 5.82 Å². The number of aromatic nitrogens is 2. The van der Waals surface area contributed by atoms with Crippen LogP contribution in [0.25, 0.3) is 11.1 Å². The van der Waals surface area contributed by atoms with Gasteiger partial charge in [0.25, 0.3) is 5.91 Å². The summed E-state index contributed by atoms with van der Waals surface area (Å²) in [4.78, 5) is 13.8. The largest absolute Gasteiger partial charge is 0.365 e. The zero-order chi connectivity index (χ0) is 16.9. The van der Waals surface area contributed by atoms with Crippen LogP contribution in [0.2, 0.25) is 5.02 Å². The Morgan fingerprint density at radius 2 is 2.29 bits per heavy atom. The number of halogens is 1. The number of nitrogens with zero attached hydrogens (tertiary/aromatic N) is 4. The lowest BCUT2D eigenvalue weighted by atomic mass is 10.1. The minimum absolute atomic E-state index is 0.226. The lowest BCUT2D eigenvalue weighted by Gasteiger charge is -2.27. The number of rotatable bonds is 3. The summed E-state index contributed by atoms with van der Waals surface area (Å²) in [6.07, 6.45) is 2.90. The number of hydrogen-bond acceptors (Lipinski definition) is 6. The molecule has 2 heterocycles. The van der Waals surface area contributed by atoms with Gasteiger partial charge in [0.05, 0.1) is 25.9 Å². The van der Waals surface area contributed by atoms with Gasteiger partial charge in [-0.2, -0.15) is 10.4 Å². The molecular formula is C16H14ClN5O2. The summed E-state index contributed by atoms with van der Waals surface area (Å²) >= 11 is 5.99. The first-order chi connectivity index (χ1) is 11.7.